The third-order valence-electron chi connectivity index (χ3n) is 3.33. The molecule has 104 valence electrons. The van der Waals surface area contributed by atoms with Crippen LogP contribution in [0.3, 0.4) is 0 Å². The molecule has 0 aliphatic rings. The van der Waals surface area contributed by atoms with Gasteiger partial charge in [0.15, 0.2) is 0 Å². The second-order valence-electron chi connectivity index (χ2n) is 5.24. The van der Waals surface area contributed by atoms with E-state index in [1.54, 1.807) is 0 Å². The molecule has 2 atom stereocenters. The molecule has 0 amide bonds. The number of rotatable bonds is 12. The van der Waals surface area contributed by atoms with Crippen LogP contribution in [0.5, 0.6) is 0 Å². The Bertz CT molecular complexity index is 148. The first-order valence-corrected chi connectivity index (χ1v) is 7.56. The Morgan fingerprint density at radius 3 is 1.71 bits per heavy atom. The summed E-state index contributed by atoms with van der Waals surface area (Å²) in [7, 11) is 0. The van der Waals surface area contributed by atoms with Gasteiger partial charge in [0, 0.05) is 0 Å². The summed E-state index contributed by atoms with van der Waals surface area (Å²) in [6.07, 6.45) is 11.4. The van der Waals surface area contributed by atoms with Crippen LogP contribution < -0.4 is 0 Å². The molecule has 2 N–H and O–H groups in total. The molecule has 0 fully saturated rings. The van der Waals surface area contributed by atoms with Crippen LogP contribution in [0.1, 0.15) is 84.5 Å². The zero-order valence-electron chi connectivity index (χ0n) is 11.8. The monoisotopic (exact) mass is 244 g/mol. The van der Waals surface area contributed by atoms with E-state index in [2.05, 4.69) is 13.8 Å². The quantitative estimate of drug-likeness (QED) is 0.509. The lowest BCUT2D eigenvalue weighted by atomic mass is 10.0. The second kappa shape index (κ2) is 12.4. The standard InChI is InChI=1S/C15H32O2/c1-3-5-7-8-9-10-12-15(17)13-14(16)11-6-4-2/h14-17H,3-13H2,1-2H3. The van der Waals surface area contributed by atoms with E-state index in [-0.39, 0.29) is 12.2 Å². The minimum atomic E-state index is -0.301. The van der Waals surface area contributed by atoms with Crippen LogP contribution in [0.15, 0.2) is 0 Å². The summed E-state index contributed by atoms with van der Waals surface area (Å²) in [6.45, 7) is 4.35. The third kappa shape index (κ3) is 12.2. The van der Waals surface area contributed by atoms with Crippen molar-refractivity contribution in [2.75, 3.05) is 0 Å². The first-order chi connectivity index (χ1) is 8.20. The van der Waals surface area contributed by atoms with Gasteiger partial charge >= 0.3 is 0 Å². The Hall–Kier alpha value is -0.0800. The zero-order chi connectivity index (χ0) is 12.9. The van der Waals surface area contributed by atoms with Gasteiger partial charge in [-0.1, -0.05) is 65.2 Å². The molecule has 2 heteroatoms. The third-order valence-corrected chi connectivity index (χ3v) is 3.33. The zero-order valence-corrected chi connectivity index (χ0v) is 11.8. The van der Waals surface area contributed by atoms with Crippen molar-refractivity contribution in [3.8, 4) is 0 Å². The average Bonchev–Trinajstić information content (AvgIpc) is 2.31. The van der Waals surface area contributed by atoms with E-state index in [1.165, 1.54) is 32.1 Å². The van der Waals surface area contributed by atoms with Crippen molar-refractivity contribution in [2.45, 2.75) is 96.7 Å². The van der Waals surface area contributed by atoms with Gasteiger partial charge in [-0.3, -0.25) is 0 Å². The summed E-state index contributed by atoms with van der Waals surface area (Å²) in [5, 5.41) is 19.4. The second-order valence-corrected chi connectivity index (χ2v) is 5.24. The van der Waals surface area contributed by atoms with E-state index in [0.717, 1.165) is 32.1 Å². The maximum atomic E-state index is 9.76. The van der Waals surface area contributed by atoms with Gasteiger partial charge in [-0.2, -0.15) is 0 Å². The molecule has 0 rings (SSSR count). The van der Waals surface area contributed by atoms with Crippen molar-refractivity contribution < 1.29 is 10.2 Å². The van der Waals surface area contributed by atoms with Gasteiger partial charge in [-0.15, -0.1) is 0 Å². The SMILES string of the molecule is CCCCCCCCC(O)CC(O)CCCC. The summed E-state index contributed by atoms with van der Waals surface area (Å²) < 4.78 is 0. The lowest BCUT2D eigenvalue weighted by Crippen LogP contribution is -2.17. The summed E-state index contributed by atoms with van der Waals surface area (Å²) in [5.74, 6) is 0. The van der Waals surface area contributed by atoms with Gasteiger partial charge in [-0.05, 0) is 19.3 Å². The van der Waals surface area contributed by atoms with Crippen LogP contribution in [0, 0.1) is 0 Å². The Morgan fingerprint density at radius 2 is 1.12 bits per heavy atom. The smallest absolute Gasteiger partial charge is 0.0564 e. The lowest BCUT2D eigenvalue weighted by Gasteiger charge is -2.15. The Balaban J connectivity index is 3.30. The van der Waals surface area contributed by atoms with Gasteiger partial charge in [0.1, 0.15) is 0 Å². The molecule has 0 radical (unpaired) electrons. The van der Waals surface area contributed by atoms with Crippen LogP contribution in [-0.2, 0) is 0 Å². The maximum Gasteiger partial charge on any atom is 0.0564 e. The largest absolute Gasteiger partial charge is 0.393 e. The van der Waals surface area contributed by atoms with Gasteiger partial charge in [0.25, 0.3) is 0 Å². The molecule has 0 aromatic heterocycles. The van der Waals surface area contributed by atoms with E-state index < -0.39 is 0 Å². The summed E-state index contributed by atoms with van der Waals surface area (Å²) in [4.78, 5) is 0. The molecule has 0 aromatic rings. The lowest BCUT2D eigenvalue weighted by molar-refractivity contribution is 0.0683. The summed E-state index contributed by atoms with van der Waals surface area (Å²) in [5.41, 5.74) is 0. The molecule has 17 heavy (non-hydrogen) atoms. The molecule has 0 saturated heterocycles. The number of aliphatic hydroxyl groups excluding tert-OH is 2. The van der Waals surface area contributed by atoms with Crippen LogP contribution in [-0.4, -0.2) is 22.4 Å². The molecule has 0 bridgehead atoms. The highest BCUT2D eigenvalue weighted by molar-refractivity contribution is 4.64. The topological polar surface area (TPSA) is 40.5 Å². The van der Waals surface area contributed by atoms with E-state index >= 15 is 0 Å². The molecule has 0 aliphatic carbocycles. The van der Waals surface area contributed by atoms with E-state index in [4.69, 9.17) is 0 Å². The fourth-order valence-corrected chi connectivity index (χ4v) is 2.15. The predicted molar refractivity (Wildman–Crippen MR) is 74.1 cm³/mol. The van der Waals surface area contributed by atoms with E-state index in [0.29, 0.717) is 6.42 Å². The van der Waals surface area contributed by atoms with Crippen LogP contribution in [0.2, 0.25) is 0 Å². The molecule has 0 spiro atoms. The molecule has 2 unspecified atom stereocenters. The highest BCUT2D eigenvalue weighted by atomic mass is 16.3. The Morgan fingerprint density at radius 1 is 0.647 bits per heavy atom. The molecule has 0 aliphatic heterocycles. The van der Waals surface area contributed by atoms with Crippen molar-refractivity contribution in [3.63, 3.8) is 0 Å². The fourth-order valence-electron chi connectivity index (χ4n) is 2.15. The predicted octanol–water partition coefficient (Wildman–Crippen LogP) is 4.04. The van der Waals surface area contributed by atoms with E-state index in [1.807, 2.05) is 0 Å². The van der Waals surface area contributed by atoms with Crippen molar-refractivity contribution >= 4 is 0 Å². The molecule has 0 saturated carbocycles. The van der Waals surface area contributed by atoms with Gasteiger partial charge < -0.3 is 10.2 Å². The average molecular weight is 244 g/mol. The molecule has 2 nitrogen and oxygen atoms in total. The first-order valence-electron chi connectivity index (χ1n) is 7.56. The van der Waals surface area contributed by atoms with Crippen molar-refractivity contribution in [2.24, 2.45) is 0 Å². The Kier molecular flexibility index (Phi) is 12.3. The molecule has 0 aromatic carbocycles. The van der Waals surface area contributed by atoms with Crippen molar-refractivity contribution in [1.82, 2.24) is 0 Å². The fraction of sp³-hybridized carbons (Fsp3) is 1.00. The minimum Gasteiger partial charge on any atom is -0.393 e. The van der Waals surface area contributed by atoms with Crippen LogP contribution in [0.25, 0.3) is 0 Å². The van der Waals surface area contributed by atoms with E-state index in [9.17, 15) is 10.2 Å². The number of hydrogen-bond acceptors (Lipinski definition) is 2. The highest BCUT2D eigenvalue weighted by Crippen LogP contribution is 2.13. The number of hydrogen-bond donors (Lipinski definition) is 2. The first kappa shape index (κ1) is 16.9. The Labute approximate surface area is 107 Å². The van der Waals surface area contributed by atoms with Crippen LogP contribution in [0.4, 0.5) is 0 Å². The highest BCUT2D eigenvalue weighted by Gasteiger charge is 2.10. The molecular weight excluding hydrogens is 212 g/mol. The van der Waals surface area contributed by atoms with Crippen molar-refractivity contribution in [1.29, 1.82) is 0 Å². The summed E-state index contributed by atoms with van der Waals surface area (Å²) >= 11 is 0. The minimum absolute atomic E-state index is 0.298. The molecular formula is C15H32O2. The normalized spacial score (nSPS) is 14.8. The number of unbranched alkanes of at least 4 members (excludes halogenated alkanes) is 6. The number of aliphatic hydroxyl groups is 2. The van der Waals surface area contributed by atoms with Crippen molar-refractivity contribution in [3.05, 3.63) is 0 Å². The summed E-state index contributed by atoms with van der Waals surface area (Å²) in [6, 6.07) is 0. The van der Waals surface area contributed by atoms with Gasteiger partial charge in [0.05, 0.1) is 12.2 Å². The maximum absolute atomic E-state index is 9.76. The molecule has 0 heterocycles. The van der Waals surface area contributed by atoms with Gasteiger partial charge in [-0.25, -0.2) is 0 Å². The van der Waals surface area contributed by atoms with Crippen LogP contribution >= 0.6 is 0 Å². The van der Waals surface area contributed by atoms with Gasteiger partial charge in [0.2, 0.25) is 0 Å².